The average molecular weight is 444 g/mol. The molecule has 0 aromatic carbocycles. The van der Waals surface area contributed by atoms with Crippen LogP contribution in [0.3, 0.4) is 0 Å². The zero-order valence-corrected chi connectivity index (χ0v) is 18.6. The second-order valence-corrected chi connectivity index (χ2v) is 10.8. The lowest BCUT2D eigenvalue weighted by atomic mass is 9.98. The first-order valence-electron chi connectivity index (χ1n) is 10.3. The molecule has 2 aliphatic rings. The minimum atomic E-state index is -3.46. The minimum Gasteiger partial charge on any atom is -0.488 e. The second-order valence-electron chi connectivity index (χ2n) is 8.37. The zero-order valence-electron chi connectivity index (χ0n) is 17.8. The highest BCUT2D eigenvalue weighted by Crippen LogP contribution is 2.46. The molecule has 5 rings (SSSR count). The number of sulfone groups is 1. The fourth-order valence-electron chi connectivity index (χ4n) is 4.27. The number of aromatic amines is 1. The number of aromatic nitrogens is 4. The summed E-state index contributed by atoms with van der Waals surface area (Å²) in [6.07, 6.45) is 5.11. The molecule has 0 saturated carbocycles. The molecule has 5 heterocycles. The van der Waals surface area contributed by atoms with Crippen LogP contribution in [0, 0.1) is 0 Å². The van der Waals surface area contributed by atoms with Gasteiger partial charge in [0.25, 0.3) is 0 Å². The molecule has 0 spiro atoms. The lowest BCUT2D eigenvalue weighted by Gasteiger charge is -2.39. The largest absolute Gasteiger partial charge is 0.488 e. The van der Waals surface area contributed by atoms with E-state index >= 15 is 0 Å². The van der Waals surface area contributed by atoms with Gasteiger partial charge in [-0.3, -0.25) is 0 Å². The van der Waals surface area contributed by atoms with Gasteiger partial charge in [-0.1, -0.05) is 0 Å². The van der Waals surface area contributed by atoms with Crippen LogP contribution in [0.1, 0.15) is 26.0 Å². The van der Waals surface area contributed by atoms with Crippen LogP contribution >= 0.6 is 0 Å². The minimum absolute atomic E-state index is 0.0698. The van der Waals surface area contributed by atoms with E-state index in [1.54, 1.807) is 13.1 Å². The van der Waals surface area contributed by atoms with Crippen molar-refractivity contribution in [2.24, 2.45) is 0 Å². The fraction of sp³-hybridized carbons (Fsp3) is 0.476. The summed E-state index contributed by atoms with van der Waals surface area (Å²) < 4.78 is 36.2. The SMILES string of the molecule is C[C@@H]1COCCN1c1nc(-c2ccnc3[nH]ccc23)nc2c1OCCC2(C)S(C)(=O)=O. The van der Waals surface area contributed by atoms with Crippen LogP contribution in [-0.2, 0) is 19.3 Å². The quantitative estimate of drug-likeness (QED) is 0.657. The van der Waals surface area contributed by atoms with Gasteiger partial charge in [0.05, 0.1) is 25.9 Å². The van der Waals surface area contributed by atoms with Gasteiger partial charge in [-0.15, -0.1) is 0 Å². The van der Waals surface area contributed by atoms with Crippen LogP contribution in [0.4, 0.5) is 5.82 Å². The van der Waals surface area contributed by atoms with Crippen LogP contribution < -0.4 is 9.64 Å². The van der Waals surface area contributed by atoms with Crippen molar-refractivity contribution in [2.45, 2.75) is 31.1 Å². The summed E-state index contributed by atoms with van der Waals surface area (Å²) in [6.45, 7) is 5.85. The highest BCUT2D eigenvalue weighted by Gasteiger charge is 2.46. The van der Waals surface area contributed by atoms with Crippen molar-refractivity contribution in [1.29, 1.82) is 0 Å². The van der Waals surface area contributed by atoms with Gasteiger partial charge >= 0.3 is 0 Å². The molecule has 10 heteroatoms. The van der Waals surface area contributed by atoms with Gasteiger partial charge in [0.2, 0.25) is 0 Å². The summed E-state index contributed by atoms with van der Waals surface area (Å²) in [5, 5.41) is 0.876. The maximum Gasteiger partial charge on any atom is 0.185 e. The number of ether oxygens (including phenoxy) is 2. The van der Waals surface area contributed by atoms with Crippen LogP contribution in [0.25, 0.3) is 22.4 Å². The third kappa shape index (κ3) is 3.16. The van der Waals surface area contributed by atoms with E-state index in [-0.39, 0.29) is 6.04 Å². The predicted octanol–water partition coefficient (Wildman–Crippen LogP) is 2.29. The Kier molecular flexibility index (Phi) is 4.67. The molecule has 1 fully saturated rings. The molecule has 164 valence electrons. The average Bonchev–Trinajstić information content (AvgIpc) is 3.22. The summed E-state index contributed by atoms with van der Waals surface area (Å²) >= 11 is 0. The standard InChI is InChI=1S/C21H25N5O4S/c1-13-12-29-11-9-26(13)20-16-17(21(2,6-10-30-16)31(3,27)28)24-19(25-20)15-5-8-23-18-14(15)4-7-22-18/h4-5,7-8,13H,6,9-12H2,1-3H3,(H,22,23)/t13-,21?/m1/s1. The first-order valence-corrected chi connectivity index (χ1v) is 12.2. The van der Waals surface area contributed by atoms with Gasteiger partial charge < -0.3 is 19.4 Å². The van der Waals surface area contributed by atoms with Crippen molar-refractivity contribution in [3.05, 3.63) is 30.2 Å². The van der Waals surface area contributed by atoms with E-state index in [1.807, 2.05) is 18.3 Å². The van der Waals surface area contributed by atoms with E-state index < -0.39 is 14.6 Å². The molecule has 2 atom stereocenters. The molecular weight excluding hydrogens is 418 g/mol. The highest BCUT2D eigenvalue weighted by molar-refractivity contribution is 7.91. The van der Waals surface area contributed by atoms with Crippen molar-refractivity contribution in [2.75, 3.05) is 37.5 Å². The first kappa shape index (κ1) is 20.2. The Bertz CT molecular complexity index is 1260. The van der Waals surface area contributed by atoms with Crippen molar-refractivity contribution < 1.29 is 17.9 Å². The van der Waals surface area contributed by atoms with Crippen LogP contribution in [-0.4, -0.2) is 67.0 Å². The topological polar surface area (TPSA) is 110 Å². The molecule has 9 nitrogen and oxygen atoms in total. The Morgan fingerprint density at radius 1 is 1.26 bits per heavy atom. The Morgan fingerprint density at radius 3 is 2.87 bits per heavy atom. The molecule has 3 aromatic rings. The number of pyridine rings is 1. The molecule has 0 radical (unpaired) electrons. The van der Waals surface area contributed by atoms with Gasteiger partial charge in [-0.05, 0) is 26.0 Å². The van der Waals surface area contributed by atoms with Gasteiger partial charge in [0, 0.05) is 42.6 Å². The van der Waals surface area contributed by atoms with Gasteiger partial charge in [-0.25, -0.2) is 23.4 Å². The predicted molar refractivity (Wildman–Crippen MR) is 117 cm³/mol. The van der Waals surface area contributed by atoms with E-state index in [2.05, 4.69) is 21.8 Å². The van der Waals surface area contributed by atoms with Crippen molar-refractivity contribution >= 4 is 26.7 Å². The Morgan fingerprint density at radius 2 is 2.10 bits per heavy atom. The summed E-state index contributed by atoms with van der Waals surface area (Å²) in [4.78, 5) is 19.3. The maximum absolute atomic E-state index is 12.9. The summed E-state index contributed by atoms with van der Waals surface area (Å²) in [5.41, 5.74) is 1.93. The molecule has 31 heavy (non-hydrogen) atoms. The van der Waals surface area contributed by atoms with Crippen molar-refractivity contribution in [1.82, 2.24) is 19.9 Å². The third-order valence-electron chi connectivity index (χ3n) is 6.33. The third-order valence-corrected chi connectivity index (χ3v) is 8.37. The number of H-pyrrole nitrogens is 1. The molecule has 0 bridgehead atoms. The van der Waals surface area contributed by atoms with Crippen LogP contribution in [0.2, 0.25) is 0 Å². The van der Waals surface area contributed by atoms with Gasteiger partial charge in [0.15, 0.2) is 27.2 Å². The number of anilines is 1. The monoisotopic (exact) mass is 443 g/mol. The number of hydrogen-bond donors (Lipinski definition) is 1. The molecule has 0 aliphatic carbocycles. The lowest BCUT2D eigenvalue weighted by molar-refractivity contribution is 0.0979. The second kappa shape index (κ2) is 7.16. The summed E-state index contributed by atoms with van der Waals surface area (Å²) in [6, 6.07) is 3.84. The van der Waals surface area contributed by atoms with Gasteiger partial charge in [0.1, 0.15) is 16.1 Å². The number of nitrogens with one attached hydrogen (secondary N) is 1. The molecule has 1 N–H and O–H groups in total. The molecule has 1 unspecified atom stereocenters. The number of hydrogen-bond acceptors (Lipinski definition) is 8. The molecule has 0 amide bonds. The van der Waals surface area contributed by atoms with Crippen LogP contribution in [0.15, 0.2) is 24.5 Å². The van der Waals surface area contributed by atoms with Crippen LogP contribution in [0.5, 0.6) is 5.75 Å². The Labute approximate surface area is 180 Å². The van der Waals surface area contributed by atoms with E-state index in [0.29, 0.717) is 55.9 Å². The van der Waals surface area contributed by atoms with Gasteiger partial charge in [-0.2, -0.15) is 0 Å². The van der Waals surface area contributed by atoms with E-state index in [1.165, 1.54) is 6.26 Å². The summed E-state index contributed by atoms with van der Waals surface area (Å²) in [5.74, 6) is 1.53. The number of nitrogens with zero attached hydrogens (tertiary/aromatic N) is 4. The first-order chi connectivity index (χ1) is 14.8. The Balaban J connectivity index is 1.80. The molecule has 3 aromatic heterocycles. The molecule has 1 saturated heterocycles. The van der Waals surface area contributed by atoms with E-state index in [9.17, 15) is 8.42 Å². The molecule has 2 aliphatic heterocycles. The van der Waals surface area contributed by atoms with E-state index in [4.69, 9.17) is 19.4 Å². The summed E-state index contributed by atoms with van der Waals surface area (Å²) in [7, 11) is -3.46. The highest BCUT2D eigenvalue weighted by atomic mass is 32.2. The fourth-order valence-corrected chi connectivity index (χ4v) is 5.21. The maximum atomic E-state index is 12.9. The van der Waals surface area contributed by atoms with Crippen molar-refractivity contribution in [3.8, 4) is 17.1 Å². The normalized spacial score (nSPS) is 24.1. The Hall–Kier alpha value is -2.72. The van der Waals surface area contributed by atoms with E-state index in [0.717, 1.165) is 16.6 Å². The molecular formula is C21H25N5O4S. The smallest absolute Gasteiger partial charge is 0.185 e. The van der Waals surface area contributed by atoms with Crippen molar-refractivity contribution in [3.63, 3.8) is 0 Å². The number of fused-ring (bicyclic) bond motifs is 2. The number of rotatable bonds is 3. The lowest BCUT2D eigenvalue weighted by Crippen LogP contribution is -2.45. The zero-order chi connectivity index (χ0) is 21.8. The number of morpholine rings is 1.